The second-order valence-corrected chi connectivity index (χ2v) is 38.7. The number of carbonyl (C=O) groups excluding carboxylic acids is 3. The number of likely N-dealkylation sites (N-methyl/N-ethyl adjacent to an activating group) is 1. The zero-order chi connectivity index (χ0) is 104. The van der Waals surface area contributed by atoms with Crippen molar-refractivity contribution in [2.24, 2.45) is 40.4 Å². The molecule has 37 heteroatoms. The number of carbonyl (C=O) groups is 3. The summed E-state index contributed by atoms with van der Waals surface area (Å²) in [4.78, 5) is 110. The monoisotopic (exact) mass is 2090 g/mol. The van der Waals surface area contributed by atoms with Crippen molar-refractivity contribution in [3.8, 4) is 0 Å². The average molecular weight is 2100 g/mol. The number of urea groups is 1. The van der Waals surface area contributed by atoms with Gasteiger partial charge >= 0.3 is 6.03 Å². The molecule has 7 N–H and O–H groups in total. The van der Waals surface area contributed by atoms with Crippen LogP contribution in [0.5, 0.6) is 0 Å². The highest BCUT2D eigenvalue weighted by molar-refractivity contribution is 6.38. The van der Waals surface area contributed by atoms with Gasteiger partial charge in [-0.05, 0) is 201 Å². The molecule has 1 unspecified atom stereocenters. The lowest BCUT2D eigenvalue weighted by Gasteiger charge is -2.29. The number of aliphatic imine (C=N–C) groups is 7. The summed E-state index contributed by atoms with van der Waals surface area (Å²) >= 11 is 36.9. The van der Waals surface area contributed by atoms with Gasteiger partial charge in [-0.2, -0.15) is 4.39 Å². The zero-order valence-electron chi connectivity index (χ0n) is 81.6. The van der Waals surface area contributed by atoms with Crippen molar-refractivity contribution in [3.05, 3.63) is 428 Å². The number of benzene rings is 6. The lowest BCUT2D eigenvalue weighted by atomic mass is 9.86. The fourth-order valence-corrected chi connectivity index (χ4v) is 18.1. The lowest BCUT2D eigenvalue weighted by Crippen LogP contribution is -2.42. The molecule has 17 heterocycles. The quantitative estimate of drug-likeness (QED) is 0.0359. The molecular weight excluding hydrogens is 2000 g/mol. The van der Waals surface area contributed by atoms with Crippen LogP contribution in [0, 0.1) is 46.0 Å². The van der Waals surface area contributed by atoms with E-state index in [2.05, 4.69) is 161 Å². The van der Waals surface area contributed by atoms with E-state index in [1.54, 1.807) is 86.8 Å². The van der Waals surface area contributed by atoms with Crippen molar-refractivity contribution in [1.29, 1.82) is 0 Å². The molecule has 0 aliphatic carbocycles. The first kappa shape index (κ1) is 104. The molecule has 6 aromatic carbocycles. The number of anilines is 8. The summed E-state index contributed by atoms with van der Waals surface area (Å²) < 4.78 is 40.6. The minimum Gasteiger partial charge on any atom is -0.339 e. The first-order valence-corrected chi connectivity index (χ1v) is 49.0. The van der Waals surface area contributed by atoms with Crippen LogP contribution in [-0.4, -0.2) is 121 Å². The number of halogens is 9. The Morgan fingerprint density at radius 1 is 0.365 bits per heavy atom. The molecule has 8 aliphatic heterocycles. The fraction of sp³-hybridized carbons (Fsp3) is 0.180. The smallest absolute Gasteiger partial charge is 0.331 e. The predicted molar refractivity (Wildman–Crippen MR) is 584 cm³/mol. The number of hydrogen-bond donors (Lipinski definition) is 7. The first-order valence-electron chi connectivity index (χ1n) is 46.7. The Bertz CT molecular complexity index is 7860. The molecule has 28 nitrogen and oxygen atoms in total. The number of ketones is 1. The second-order valence-electron chi connectivity index (χ2n) is 36.2. The second kappa shape index (κ2) is 45.8. The van der Waals surface area contributed by atoms with Crippen LogP contribution in [0.2, 0.25) is 30.1 Å². The summed E-state index contributed by atoms with van der Waals surface area (Å²) in [6, 6.07) is 61.4. The van der Waals surface area contributed by atoms with Gasteiger partial charge in [0.2, 0.25) is 5.95 Å². The average Bonchev–Trinajstić information content (AvgIpc) is 1.60. The van der Waals surface area contributed by atoms with E-state index in [0.717, 1.165) is 159 Å². The van der Waals surface area contributed by atoms with Gasteiger partial charge in [0.1, 0.15) is 45.9 Å². The van der Waals surface area contributed by atoms with Crippen molar-refractivity contribution < 1.29 is 27.6 Å². The largest absolute Gasteiger partial charge is 0.339 e. The summed E-state index contributed by atoms with van der Waals surface area (Å²) in [6.45, 7) is 21.1. The summed E-state index contributed by atoms with van der Waals surface area (Å²) in [5, 5.41) is 25.3. The standard InChI is InChI=1S/C22H16ClF2N3O.C21H22ClN5O2.C15H15N3.C14H11Cl2N3.C14H12ClN3.C13H12N4.C12H8ClFN4/c1-22(24,25)15-6-2-4-13(10-15)20(29)17-8-7-16(11-18(17)23)28-21-19-14(12-27-21)5-3-9-26-19;1-21(2,3)17-19(28)27(20(29)26(17)4)15-8-7-13(10-14(15)22)25-18-16-12(11-24-18)6-5-9-23-16;1-10-6-11(2)8-13(7-10)18-15-14-12(9-17-15)4-3-5-16-14;1-8-11(15)5-10(6-12(8)16)19-14-13-9(7-18-14)3-2-4-17-13;1-9-4-5-11(7-12(9)15)18-14-13-10(8-17-14)3-2-6-16-13;1-9-5-11(8-14-6-9)17-13-12-10(7-16-13)3-2-4-15-12;13-8-4-9(11(14)16-6-8)18-12-10-7(5-17-12)2-1-3-15-10/h2-11H,12H2,1H3,(H,27,28);5-10,17H,11H2,1-4H3,(H,24,25);3-8H,9H2,1-2H3,(H,17,18);2-6H,7H2,1H3,(H,18,19);2-7H,8H2,1H3,(H,17,18);2-6,8H,7H2,1H3,(H,16,17);1-4,6H,5H2,(H,17,18). The van der Waals surface area contributed by atoms with E-state index in [1.165, 1.54) is 58.1 Å². The number of nitrogens with one attached hydrogen (secondary N) is 7. The Balaban J connectivity index is 0.000000119. The van der Waals surface area contributed by atoms with E-state index in [1.807, 2.05) is 163 Å². The number of fused-ring (bicyclic) bond motifs is 7. The van der Waals surface area contributed by atoms with E-state index < -0.39 is 23.7 Å². The Hall–Kier alpha value is -15.9. The molecular formula is C111H96Cl6F3N25O3. The molecule has 8 aliphatic rings. The third-order valence-corrected chi connectivity index (χ3v) is 26.0. The summed E-state index contributed by atoms with van der Waals surface area (Å²) in [5.41, 5.74) is 24.8. The summed E-state index contributed by atoms with van der Waals surface area (Å²) in [5.74, 6) is 0.767. The van der Waals surface area contributed by atoms with Gasteiger partial charge in [0.05, 0.1) is 84.1 Å². The third kappa shape index (κ3) is 24.7. The van der Waals surface area contributed by atoms with Crippen LogP contribution < -0.4 is 42.1 Å². The highest BCUT2D eigenvalue weighted by atomic mass is 35.5. The maximum Gasteiger partial charge on any atom is 0.331 e. The van der Waals surface area contributed by atoms with Gasteiger partial charge in [0.25, 0.3) is 11.8 Å². The van der Waals surface area contributed by atoms with Crippen LogP contribution >= 0.6 is 69.6 Å². The van der Waals surface area contributed by atoms with Crippen molar-refractivity contribution in [2.75, 3.05) is 49.2 Å². The van der Waals surface area contributed by atoms with E-state index in [4.69, 9.17) is 69.6 Å². The Morgan fingerprint density at radius 3 is 1.11 bits per heavy atom. The summed E-state index contributed by atoms with van der Waals surface area (Å²) in [7, 11) is 1.64. The molecule has 0 spiro atoms. The number of imide groups is 1. The van der Waals surface area contributed by atoms with Crippen molar-refractivity contribution in [3.63, 3.8) is 0 Å². The molecule has 0 bridgehead atoms. The molecule has 9 aromatic heterocycles. The summed E-state index contributed by atoms with van der Waals surface area (Å²) in [6.07, 6.45) is 17.1. The predicted octanol–water partition coefficient (Wildman–Crippen LogP) is 24.7. The molecule has 746 valence electrons. The topological polar surface area (TPSA) is 344 Å². The molecule has 3 amide bonds. The number of pyridine rings is 9. The number of rotatable bonds is 11. The van der Waals surface area contributed by atoms with Gasteiger partial charge in [-0.15, -0.1) is 0 Å². The molecule has 1 atom stereocenters. The van der Waals surface area contributed by atoms with Crippen LogP contribution in [0.4, 0.5) is 63.5 Å². The lowest BCUT2D eigenvalue weighted by molar-refractivity contribution is -0.122. The van der Waals surface area contributed by atoms with E-state index in [9.17, 15) is 27.6 Å². The number of aryl methyl sites for hydroxylation is 4. The van der Waals surface area contributed by atoms with Gasteiger partial charge in [-0.25, -0.2) is 23.5 Å². The third-order valence-electron chi connectivity index (χ3n) is 24.0. The maximum atomic E-state index is 13.6. The molecule has 1 fully saturated rings. The van der Waals surface area contributed by atoms with E-state index in [-0.39, 0.29) is 44.8 Å². The molecule has 15 aromatic rings. The minimum absolute atomic E-state index is 0.157. The van der Waals surface area contributed by atoms with Crippen molar-refractivity contribution in [1.82, 2.24) is 49.8 Å². The van der Waals surface area contributed by atoms with Crippen molar-refractivity contribution in [2.45, 2.75) is 120 Å². The first-order chi connectivity index (χ1) is 71.2. The highest BCUT2D eigenvalue weighted by Gasteiger charge is 2.50. The SMILES string of the molecule is CC(F)(F)c1cccc(C(=O)c2ccc(NC3=NCc4cccnc43)cc2Cl)c1.CN1C(=O)N(c2ccc(NC3=NCc4cccnc43)cc2Cl)C(=O)C1C(C)(C)C.Cc1c(Cl)cc(NC2=NCc3cccnc32)cc1Cl.Cc1cc(C)cc(NC2=NCc3cccnc32)c1.Cc1ccc(NC2=NCc3cccnc32)cc1Cl.Cc1cncc(NC2=NCc3cccnc32)c1.Fc1ncc(Cl)cc1NC1=NCc2cccnc21. The number of nitrogens with zero attached hydrogens (tertiary/aromatic N) is 18. The van der Waals surface area contributed by atoms with E-state index in [0.29, 0.717) is 93.9 Å². The van der Waals surface area contributed by atoms with Crippen LogP contribution in [0.3, 0.4) is 0 Å². The number of aromatic nitrogens is 9. The number of amidine groups is 7. The molecule has 1 saturated heterocycles. The van der Waals surface area contributed by atoms with Crippen LogP contribution in [0.15, 0.2) is 303 Å². The highest BCUT2D eigenvalue weighted by Crippen LogP contribution is 2.40. The van der Waals surface area contributed by atoms with Gasteiger partial charge in [-0.1, -0.05) is 163 Å². The Kier molecular flexibility index (Phi) is 32.0. The zero-order valence-corrected chi connectivity index (χ0v) is 86.1. The van der Waals surface area contributed by atoms with Gasteiger partial charge in [0, 0.05) is 169 Å². The normalized spacial score (nSPS) is 14.2. The maximum absolute atomic E-state index is 13.6. The van der Waals surface area contributed by atoms with Crippen LogP contribution in [0.25, 0.3) is 0 Å². The van der Waals surface area contributed by atoms with Crippen molar-refractivity contribution >= 4 is 174 Å². The van der Waals surface area contributed by atoms with Gasteiger partial charge in [-0.3, -0.25) is 84.4 Å². The van der Waals surface area contributed by atoms with E-state index >= 15 is 0 Å². The number of hydrogen-bond acceptors (Lipinski definition) is 26. The molecule has 0 saturated carbocycles. The Labute approximate surface area is 882 Å². The number of alkyl halides is 2. The molecule has 148 heavy (non-hydrogen) atoms. The molecule has 0 radical (unpaired) electrons. The molecule has 23 rings (SSSR count). The fourth-order valence-electron chi connectivity index (χ4n) is 16.8. The van der Waals surface area contributed by atoms with Gasteiger partial charge in [0.15, 0.2) is 46.6 Å². The van der Waals surface area contributed by atoms with Crippen LogP contribution in [0.1, 0.15) is 156 Å². The number of amides is 3. The van der Waals surface area contributed by atoms with Gasteiger partial charge < -0.3 is 42.1 Å². The van der Waals surface area contributed by atoms with Crippen LogP contribution in [-0.2, 0) is 56.5 Å². The Morgan fingerprint density at radius 2 is 0.730 bits per heavy atom. The minimum atomic E-state index is -3.03.